The lowest BCUT2D eigenvalue weighted by Crippen LogP contribution is -2.17. The number of halogens is 4. The molecule has 0 unspecified atom stereocenters. The zero-order chi connectivity index (χ0) is 21.0. The number of nitriles is 1. The van der Waals surface area contributed by atoms with Crippen molar-refractivity contribution in [1.82, 2.24) is 0 Å². The molecule has 0 radical (unpaired) electrons. The van der Waals surface area contributed by atoms with Crippen molar-refractivity contribution in [2.45, 2.75) is 6.18 Å². The van der Waals surface area contributed by atoms with Gasteiger partial charge < -0.3 is 9.73 Å². The maximum Gasteiger partial charge on any atom is 0.418 e. The van der Waals surface area contributed by atoms with Gasteiger partial charge in [0.1, 0.15) is 29.0 Å². The summed E-state index contributed by atoms with van der Waals surface area (Å²) in [5.74, 6) is -0.913. The molecule has 0 spiro atoms. The van der Waals surface area contributed by atoms with Gasteiger partial charge in [-0.2, -0.15) is 18.4 Å². The van der Waals surface area contributed by atoms with Crippen LogP contribution in [0.15, 0.2) is 70.7 Å². The molecule has 0 bridgehead atoms. The van der Waals surface area contributed by atoms with E-state index < -0.39 is 34.7 Å². The number of nitrogens with zero attached hydrogens (tertiary/aromatic N) is 1. The molecule has 1 N–H and O–H groups in total. The molecular weight excluding hydrogens is 388 g/mol. The van der Waals surface area contributed by atoms with E-state index in [0.717, 1.165) is 18.2 Å². The third kappa shape index (κ3) is 4.71. The van der Waals surface area contributed by atoms with Gasteiger partial charge in [0.25, 0.3) is 5.91 Å². The lowest BCUT2D eigenvalue weighted by Gasteiger charge is -2.13. The first kappa shape index (κ1) is 19.9. The Labute approximate surface area is 162 Å². The summed E-state index contributed by atoms with van der Waals surface area (Å²) in [5, 5.41) is 11.3. The summed E-state index contributed by atoms with van der Waals surface area (Å²) in [6.07, 6.45) is -3.55. The fourth-order valence-corrected chi connectivity index (χ4v) is 2.52. The normalized spacial score (nSPS) is 11.8. The zero-order valence-electron chi connectivity index (χ0n) is 14.6. The van der Waals surface area contributed by atoms with Gasteiger partial charge in [0.15, 0.2) is 0 Å². The van der Waals surface area contributed by atoms with Crippen molar-refractivity contribution in [2.75, 3.05) is 5.32 Å². The summed E-state index contributed by atoms with van der Waals surface area (Å²) in [5.41, 5.74) is -1.35. The van der Waals surface area contributed by atoms with Crippen molar-refractivity contribution in [3.8, 4) is 17.4 Å². The molecule has 29 heavy (non-hydrogen) atoms. The molecule has 3 rings (SSSR count). The number of alkyl halides is 3. The number of benzene rings is 2. The van der Waals surface area contributed by atoms with Gasteiger partial charge in [-0.15, -0.1) is 0 Å². The van der Waals surface area contributed by atoms with Crippen LogP contribution < -0.4 is 5.32 Å². The third-order valence-corrected chi connectivity index (χ3v) is 3.89. The minimum absolute atomic E-state index is 0.139. The highest BCUT2D eigenvalue weighted by Crippen LogP contribution is 2.34. The molecule has 2 aromatic carbocycles. The fraction of sp³-hybridized carbons (Fsp3) is 0.0476. The number of anilines is 1. The predicted molar refractivity (Wildman–Crippen MR) is 97.8 cm³/mol. The van der Waals surface area contributed by atoms with Crippen LogP contribution in [0.5, 0.6) is 0 Å². The van der Waals surface area contributed by atoms with Crippen molar-refractivity contribution < 1.29 is 26.8 Å². The van der Waals surface area contributed by atoms with Crippen molar-refractivity contribution >= 4 is 17.7 Å². The lowest BCUT2D eigenvalue weighted by atomic mass is 10.1. The lowest BCUT2D eigenvalue weighted by molar-refractivity contribution is -0.137. The molecule has 4 nitrogen and oxygen atoms in total. The summed E-state index contributed by atoms with van der Waals surface area (Å²) in [7, 11) is 0. The van der Waals surface area contributed by atoms with Gasteiger partial charge in [-0.25, -0.2) is 4.39 Å². The molecule has 1 amide bonds. The number of para-hydroxylation sites is 1. The molecule has 0 aliphatic carbocycles. The van der Waals surface area contributed by atoms with Gasteiger partial charge in [-0.1, -0.05) is 12.1 Å². The van der Waals surface area contributed by atoms with Crippen molar-refractivity contribution in [3.05, 3.63) is 83.4 Å². The maximum atomic E-state index is 13.0. The maximum absolute atomic E-state index is 13.0. The van der Waals surface area contributed by atoms with Crippen molar-refractivity contribution in [3.63, 3.8) is 0 Å². The van der Waals surface area contributed by atoms with Crippen LogP contribution in [0.3, 0.4) is 0 Å². The van der Waals surface area contributed by atoms with Gasteiger partial charge >= 0.3 is 6.18 Å². The van der Waals surface area contributed by atoms with Crippen LogP contribution in [-0.4, -0.2) is 5.91 Å². The van der Waals surface area contributed by atoms with Crippen LogP contribution >= 0.6 is 0 Å². The summed E-state index contributed by atoms with van der Waals surface area (Å²) in [6, 6.07) is 14.6. The largest absolute Gasteiger partial charge is 0.457 e. The second kappa shape index (κ2) is 8.02. The van der Waals surface area contributed by atoms with E-state index >= 15 is 0 Å². The first-order valence-electron chi connectivity index (χ1n) is 8.23. The zero-order valence-corrected chi connectivity index (χ0v) is 14.6. The Kier molecular flexibility index (Phi) is 5.50. The molecule has 0 aliphatic rings. The smallest absolute Gasteiger partial charge is 0.418 e. The van der Waals surface area contributed by atoms with Crippen LogP contribution in [0, 0.1) is 17.1 Å². The number of furan rings is 1. The number of carbonyl (C=O) groups excluding carboxylic acids is 1. The van der Waals surface area contributed by atoms with Crippen LogP contribution in [0.1, 0.15) is 11.3 Å². The quantitative estimate of drug-likeness (QED) is 0.350. The molecule has 3 aromatic rings. The summed E-state index contributed by atoms with van der Waals surface area (Å²) >= 11 is 0. The molecule has 1 aromatic heterocycles. The van der Waals surface area contributed by atoms with Crippen molar-refractivity contribution in [1.29, 1.82) is 5.26 Å². The average Bonchev–Trinajstić information content (AvgIpc) is 3.15. The Hall–Kier alpha value is -3.86. The highest BCUT2D eigenvalue weighted by Gasteiger charge is 2.33. The van der Waals surface area contributed by atoms with E-state index in [1.807, 2.05) is 0 Å². The highest BCUT2D eigenvalue weighted by molar-refractivity contribution is 6.09. The summed E-state index contributed by atoms with van der Waals surface area (Å²) < 4.78 is 57.7. The van der Waals surface area contributed by atoms with Gasteiger partial charge in [-0.05, 0) is 48.5 Å². The Balaban J connectivity index is 1.83. The fourth-order valence-electron chi connectivity index (χ4n) is 2.52. The molecule has 0 atom stereocenters. The van der Waals surface area contributed by atoms with E-state index in [1.54, 1.807) is 12.1 Å². The predicted octanol–water partition coefficient (Wildman–Crippen LogP) is 5.65. The molecule has 0 aliphatic heterocycles. The molecule has 0 fully saturated rings. The number of amides is 1. The Morgan fingerprint density at radius 1 is 1.03 bits per heavy atom. The second-order valence-electron chi connectivity index (χ2n) is 5.88. The van der Waals surface area contributed by atoms with Crippen LogP contribution in [0.2, 0.25) is 0 Å². The van der Waals surface area contributed by atoms with E-state index in [-0.39, 0.29) is 5.76 Å². The Morgan fingerprint density at radius 3 is 2.38 bits per heavy atom. The minimum atomic E-state index is -4.66. The first-order valence-corrected chi connectivity index (χ1v) is 8.23. The van der Waals surface area contributed by atoms with Crippen LogP contribution in [0.25, 0.3) is 17.4 Å². The number of nitrogens with one attached hydrogen (secondary N) is 1. The monoisotopic (exact) mass is 400 g/mol. The number of hydrogen-bond acceptors (Lipinski definition) is 3. The third-order valence-electron chi connectivity index (χ3n) is 3.89. The van der Waals surface area contributed by atoms with E-state index in [4.69, 9.17) is 4.42 Å². The molecule has 0 saturated carbocycles. The Bertz CT molecular complexity index is 1110. The van der Waals surface area contributed by atoms with E-state index in [9.17, 15) is 27.6 Å². The van der Waals surface area contributed by atoms with Crippen LogP contribution in [-0.2, 0) is 11.0 Å². The number of rotatable bonds is 4. The van der Waals surface area contributed by atoms with Gasteiger partial charge in [0, 0.05) is 11.6 Å². The molecule has 1 heterocycles. The standard InChI is InChI=1S/C21H12F4N2O2/c22-15-7-5-13(6-8-15)19-10-9-16(29-19)11-14(12-26)20(28)27-18-4-2-1-3-17(18)21(23,24)25/h1-11H,(H,27,28)/b14-11+. The van der Waals surface area contributed by atoms with E-state index in [0.29, 0.717) is 11.3 Å². The average molecular weight is 400 g/mol. The second-order valence-corrected chi connectivity index (χ2v) is 5.88. The topological polar surface area (TPSA) is 66.0 Å². The molecular formula is C21H12F4N2O2. The summed E-state index contributed by atoms with van der Waals surface area (Å²) in [4.78, 5) is 12.3. The Morgan fingerprint density at radius 2 is 1.72 bits per heavy atom. The van der Waals surface area contributed by atoms with E-state index in [2.05, 4.69) is 5.32 Å². The number of hydrogen-bond donors (Lipinski definition) is 1. The SMILES string of the molecule is N#C/C(=C\c1ccc(-c2ccc(F)cc2)o1)C(=O)Nc1ccccc1C(F)(F)F. The van der Waals surface area contributed by atoms with Gasteiger partial charge in [0.05, 0.1) is 11.3 Å². The van der Waals surface area contributed by atoms with E-state index in [1.165, 1.54) is 42.5 Å². The minimum Gasteiger partial charge on any atom is -0.457 e. The molecule has 146 valence electrons. The van der Waals surface area contributed by atoms with Crippen LogP contribution in [0.4, 0.5) is 23.2 Å². The first-order chi connectivity index (χ1) is 13.8. The number of carbonyl (C=O) groups is 1. The molecule has 0 saturated heterocycles. The summed E-state index contributed by atoms with van der Waals surface area (Å²) in [6.45, 7) is 0. The van der Waals surface area contributed by atoms with Gasteiger partial charge in [0.2, 0.25) is 0 Å². The van der Waals surface area contributed by atoms with Gasteiger partial charge in [-0.3, -0.25) is 4.79 Å². The highest BCUT2D eigenvalue weighted by atomic mass is 19.4. The van der Waals surface area contributed by atoms with Crippen molar-refractivity contribution in [2.24, 2.45) is 0 Å². The molecule has 8 heteroatoms.